The fourth-order valence-corrected chi connectivity index (χ4v) is 1.38. The van der Waals surface area contributed by atoms with Crippen molar-refractivity contribution >= 4 is 12.1 Å². The van der Waals surface area contributed by atoms with Gasteiger partial charge >= 0.3 is 12.1 Å². The van der Waals surface area contributed by atoms with Gasteiger partial charge in [0.1, 0.15) is 11.6 Å². The SMILES string of the molecule is COC(=O)[C@@H](NC(=O)OC(C)(C)C)C1COC1. The Labute approximate surface area is 101 Å². The van der Waals surface area contributed by atoms with Gasteiger partial charge in [-0.05, 0) is 20.8 Å². The van der Waals surface area contributed by atoms with E-state index in [9.17, 15) is 9.59 Å². The first kappa shape index (κ1) is 13.8. The molecule has 0 aromatic rings. The van der Waals surface area contributed by atoms with E-state index in [-0.39, 0.29) is 5.92 Å². The van der Waals surface area contributed by atoms with Gasteiger partial charge in [-0.15, -0.1) is 0 Å². The van der Waals surface area contributed by atoms with E-state index in [1.165, 1.54) is 7.11 Å². The second kappa shape index (κ2) is 5.35. The smallest absolute Gasteiger partial charge is 0.408 e. The number of ether oxygens (including phenoxy) is 3. The summed E-state index contributed by atoms with van der Waals surface area (Å²) in [5.74, 6) is -0.529. The monoisotopic (exact) mass is 245 g/mol. The predicted octanol–water partition coefficient (Wildman–Crippen LogP) is 0.699. The number of amides is 1. The van der Waals surface area contributed by atoms with E-state index < -0.39 is 23.7 Å². The summed E-state index contributed by atoms with van der Waals surface area (Å²) >= 11 is 0. The Morgan fingerprint density at radius 1 is 1.35 bits per heavy atom. The minimum absolute atomic E-state index is 0.0463. The van der Waals surface area contributed by atoms with E-state index in [1.807, 2.05) is 0 Å². The Bertz CT molecular complexity index is 293. The predicted molar refractivity (Wildman–Crippen MR) is 59.5 cm³/mol. The normalized spacial score (nSPS) is 17.9. The molecule has 6 heteroatoms. The van der Waals surface area contributed by atoms with Crippen LogP contribution in [0.15, 0.2) is 0 Å². The van der Waals surface area contributed by atoms with Crippen molar-refractivity contribution < 1.29 is 23.8 Å². The molecule has 1 amide bonds. The van der Waals surface area contributed by atoms with Crippen molar-refractivity contribution in [3.63, 3.8) is 0 Å². The van der Waals surface area contributed by atoms with Crippen LogP contribution in [-0.2, 0) is 19.0 Å². The van der Waals surface area contributed by atoms with Gasteiger partial charge < -0.3 is 19.5 Å². The summed E-state index contributed by atoms with van der Waals surface area (Å²) in [5, 5.41) is 2.51. The van der Waals surface area contributed by atoms with Crippen LogP contribution in [0, 0.1) is 5.92 Å². The molecule has 1 saturated heterocycles. The number of carbonyl (C=O) groups is 2. The summed E-state index contributed by atoms with van der Waals surface area (Å²) in [5.41, 5.74) is -0.596. The van der Waals surface area contributed by atoms with Gasteiger partial charge in [0, 0.05) is 5.92 Å². The van der Waals surface area contributed by atoms with Crippen LogP contribution < -0.4 is 5.32 Å². The molecule has 1 aliphatic heterocycles. The lowest BCUT2D eigenvalue weighted by Gasteiger charge is -2.32. The molecular formula is C11H19NO5. The highest BCUT2D eigenvalue weighted by Gasteiger charge is 2.36. The fourth-order valence-electron chi connectivity index (χ4n) is 1.38. The van der Waals surface area contributed by atoms with E-state index in [0.717, 1.165) is 0 Å². The van der Waals surface area contributed by atoms with Crippen LogP contribution in [0.25, 0.3) is 0 Å². The summed E-state index contributed by atoms with van der Waals surface area (Å²) in [6.45, 7) is 6.15. The molecule has 0 spiro atoms. The van der Waals surface area contributed by atoms with E-state index in [2.05, 4.69) is 10.1 Å². The zero-order valence-corrected chi connectivity index (χ0v) is 10.6. The Balaban J connectivity index is 2.54. The first-order chi connectivity index (χ1) is 7.83. The summed E-state index contributed by atoms with van der Waals surface area (Å²) in [7, 11) is 1.28. The van der Waals surface area contributed by atoms with Gasteiger partial charge in [0.2, 0.25) is 0 Å². The van der Waals surface area contributed by atoms with Crippen molar-refractivity contribution in [2.75, 3.05) is 20.3 Å². The molecule has 1 N–H and O–H groups in total. The number of alkyl carbamates (subject to hydrolysis) is 1. The van der Waals surface area contributed by atoms with Crippen LogP contribution in [0.4, 0.5) is 4.79 Å². The van der Waals surface area contributed by atoms with Crippen molar-refractivity contribution in [2.24, 2.45) is 5.92 Å². The second-order valence-corrected chi connectivity index (χ2v) is 4.94. The van der Waals surface area contributed by atoms with Crippen LogP contribution in [0.2, 0.25) is 0 Å². The quantitative estimate of drug-likeness (QED) is 0.741. The van der Waals surface area contributed by atoms with Crippen molar-refractivity contribution in [3.05, 3.63) is 0 Å². The first-order valence-electron chi connectivity index (χ1n) is 5.48. The van der Waals surface area contributed by atoms with Crippen molar-refractivity contribution in [1.82, 2.24) is 5.32 Å². The molecular weight excluding hydrogens is 226 g/mol. The number of hydrogen-bond acceptors (Lipinski definition) is 5. The van der Waals surface area contributed by atoms with E-state index in [0.29, 0.717) is 13.2 Å². The molecule has 0 bridgehead atoms. The Hall–Kier alpha value is -1.30. The second-order valence-electron chi connectivity index (χ2n) is 4.94. The van der Waals surface area contributed by atoms with E-state index in [4.69, 9.17) is 9.47 Å². The van der Waals surface area contributed by atoms with Crippen LogP contribution in [0.1, 0.15) is 20.8 Å². The summed E-state index contributed by atoms with van der Waals surface area (Å²) in [4.78, 5) is 23.1. The number of esters is 1. The summed E-state index contributed by atoms with van der Waals surface area (Å²) in [6.07, 6.45) is -0.625. The topological polar surface area (TPSA) is 73.9 Å². The largest absolute Gasteiger partial charge is 0.467 e. The Morgan fingerprint density at radius 3 is 2.29 bits per heavy atom. The van der Waals surface area contributed by atoms with Gasteiger partial charge in [-0.25, -0.2) is 9.59 Å². The Morgan fingerprint density at radius 2 is 1.94 bits per heavy atom. The maximum absolute atomic E-state index is 11.6. The minimum atomic E-state index is -0.705. The molecule has 98 valence electrons. The van der Waals surface area contributed by atoms with Gasteiger partial charge in [0.25, 0.3) is 0 Å². The molecule has 0 saturated carbocycles. The Kier molecular flexibility index (Phi) is 4.34. The standard InChI is InChI=1S/C11H19NO5/c1-11(2,3)17-10(14)12-8(9(13)15-4)7-5-16-6-7/h7-8H,5-6H2,1-4H3,(H,12,14)/t8-/m0/s1. The number of carbonyl (C=O) groups excluding carboxylic acids is 2. The van der Waals surface area contributed by atoms with E-state index >= 15 is 0 Å². The zero-order valence-electron chi connectivity index (χ0n) is 10.6. The van der Waals surface area contributed by atoms with Crippen LogP contribution in [0.5, 0.6) is 0 Å². The summed E-state index contributed by atoms with van der Waals surface area (Å²) in [6, 6.07) is -0.705. The zero-order chi connectivity index (χ0) is 13.1. The molecule has 1 rings (SSSR count). The molecule has 1 aliphatic rings. The maximum atomic E-state index is 11.6. The third kappa shape index (κ3) is 4.22. The molecule has 17 heavy (non-hydrogen) atoms. The van der Waals surface area contributed by atoms with Crippen molar-refractivity contribution in [1.29, 1.82) is 0 Å². The first-order valence-corrected chi connectivity index (χ1v) is 5.48. The molecule has 0 aliphatic carbocycles. The molecule has 1 fully saturated rings. The number of hydrogen-bond donors (Lipinski definition) is 1. The molecule has 1 atom stereocenters. The highest BCUT2D eigenvalue weighted by atomic mass is 16.6. The lowest BCUT2D eigenvalue weighted by Crippen LogP contribution is -2.53. The number of rotatable bonds is 3. The molecule has 0 aromatic carbocycles. The van der Waals surface area contributed by atoms with Crippen LogP contribution in [0.3, 0.4) is 0 Å². The van der Waals surface area contributed by atoms with Gasteiger partial charge in [-0.3, -0.25) is 0 Å². The number of nitrogens with one attached hydrogen (secondary N) is 1. The summed E-state index contributed by atoms with van der Waals surface area (Å²) < 4.78 is 14.7. The van der Waals surface area contributed by atoms with Crippen LogP contribution >= 0.6 is 0 Å². The third-order valence-electron chi connectivity index (χ3n) is 2.26. The molecule has 0 aromatic heterocycles. The lowest BCUT2D eigenvalue weighted by atomic mass is 9.98. The average molecular weight is 245 g/mol. The van der Waals surface area contributed by atoms with Crippen LogP contribution in [-0.4, -0.2) is 44.0 Å². The highest BCUT2D eigenvalue weighted by Crippen LogP contribution is 2.17. The van der Waals surface area contributed by atoms with Gasteiger partial charge in [0.05, 0.1) is 20.3 Å². The third-order valence-corrected chi connectivity index (χ3v) is 2.26. The molecule has 6 nitrogen and oxygen atoms in total. The number of methoxy groups -OCH3 is 1. The van der Waals surface area contributed by atoms with Crippen molar-refractivity contribution in [3.8, 4) is 0 Å². The lowest BCUT2D eigenvalue weighted by molar-refractivity contribution is -0.150. The fraction of sp³-hybridized carbons (Fsp3) is 0.818. The highest BCUT2D eigenvalue weighted by molar-refractivity contribution is 5.81. The average Bonchev–Trinajstić information content (AvgIpc) is 2.09. The molecule has 0 unspecified atom stereocenters. The maximum Gasteiger partial charge on any atom is 0.408 e. The molecule has 1 heterocycles. The van der Waals surface area contributed by atoms with E-state index in [1.54, 1.807) is 20.8 Å². The minimum Gasteiger partial charge on any atom is -0.467 e. The molecule has 0 radical (unpaired) electrons. The van der Waals surface area contributed by atoms with Gasteiger partial charge in [-0.1, -0.05) is 0 Å². The van der Waals surface area contributed by atoms with Gasteiger partial charge in [-0.2, -0.15) is 0 Å². The van der Waals surface area contributed by atoms with Crippen molar-refractivity contribution in [2.45, 2.75) is 32.4 Å². The van der Waals surface area contributed by atoms with Gasteiger partial charge in [0.15, 0.2) is 0 Å².